The van der Waals surface area contributed by atoms with Crippen LogP contribution in [0.5, 0.6) is 5.75 Å². The molecule has 0 aliphatic carbocycles. The number of benzene rings is 2. The van der Waals surface area contributed by atoms with E-state index in [0.717, 1.165) is 12.8 Å². The molecule has 2 aromatic rings. The Morgan fingerprint density at radius 2 is 1.74 bits per heavy atom. The zero-order chi connectivity index (χ0) is 22.1. The minimum Gasteiger partial charge on any atom is -0.481 e. The van der Waals surface area contributed by atoms with Crippen molar-refractivity contribution in [3.05, 3.63) is 60.2 Å². The number of nitrogens with one attached hydrogen (secondary N) is 3. The van der Waals surface area contributed by atoms with Gasteiger partial charge in [-0.2, -0.15) is 0 Å². The van der Waals surface area contributed by atoms with Crippen LogP contribution in [0, 0.1) is 0 Å². The topological polar surface area (TPSA) is 106 Å². The smallest absolute Gasteiger partial charge is 0.265 e. The van der Waals surface area contributed by atoms with Crippen molar-refractivity contribution in [3.63, 3.8) is 0 Å². The van der Waals surface area contributed by atoms with Crippen LogP contribution in [0.2, 0.25) is 0 Å². The van der Waals surface area contributed by atoms with Crippen molar-refractivity contribution in [2.24, 2.45) is 0 Å². The predicted molar refractivity (Wildman–Crippen MR) is 116 cm³/mol. The molecule has 1 saturated heterocycles. The van der Waals surface area contributed by atoms with E-state index in [4.69, 9.17) is 9.47 Å². The molecule has 0 spiro atoms. The summed E-state index contributed by atoms with van der Waals surface area (Å²) in [6, 6.07) is 15.7. The third-order valence-corrected chi connectivity index (χ3v) is 4.77. The van der Waals surface area contributed by atoms with E-state index >= 15 is 0 Å². The van der Waals surface area contributed by atoms with Crippen LogP contribution in [-0.2, 0) is 14.3 Å². The molecule has 0 aromatic heterocycles. The highest BCUT2D eigenvalue weighted by molar-refractivity contribution is 5.96. The van der Waals surface area contributed by atoms with Crippen LogP contribution in [0.25, 0.3) is 0 Å². The van der Waals surface area contributed by atoms with Gasteiger partial charge in [0.25, 0.3) is 11.8 Å². The second-order valence-electron chi connectivity index (χ2n) is 7.19. The Morgan fingerprint density at radius 3 is 2.42 bits per heavy atom. The van der Waals surface area contributed by atoms with E-state index in [-0.39, 0.29) is 23.8 Å². The van der Waals surface area contributed by atoms with Crippen molar-refractivity contribution in [2.75, 3.05) is 25.0 Å². The zero-order valence-electron chi connectivity index (χ0n) is 17.4. The van der Waals surface area contributed by atoms with Crippen LogP contribution in [0.3, 0.4) is 0 Å². The molecule has 3 rings (SSSR count). The molecule has 1 aliphatic rings. The molecule has 1 fully saturated rings. The Morgan fingerprint density at radius 1 is 1.03 bits per heavy atom. The largest absolute Gasteiger partial charge is 0.481 e. The lowest BCUT2D eigenvalue weighted by molar-refractivity contribution is -0.130. The van der Waals surface area contributed by atoms with Gasteiger partial charge in [0.05, 0.1) is 0 Å². The lowest BCUT2D eigenvalue weighted by atomic mass is 10.2. The molecule has 2 atom stereocenters. The number of para-hydroxylation sites is 1. The van der Waals surface area contributed by atoms with Gasteiger partial charge in [-0.15, -0.1) is 0 Å². The van der Waals surface area contributed by atoms with Crippen molar-refractivity contribution in [3.8, 4) is 5.75 Å². The maximum Gasteiger partial charge on any atom is 0.265 e. The average Bonchev–Trinajstić information content (AvgIpc) is 3.33. The van der Waals surface area contributed by atoms with Gasteiger partial charge in [-0.3, -0.25) is 14.4 Å². The molecular weight excluding hydrogens is 398 g/mol. The monoisotopic (exact) mass is 425 g/mol. The molecule has 2 unspecified atom stereocenters. The van der Waals surface area contributed by atoms with Gasteiger partial charge >= 0.3 is 0 Å². The van der Waals surface area contributed by atoms with Gasteiger partial charge in [-0.25, -0.2) is 0 Å². The summed E-state index contributed by atoms with van der Waals surface area (Å²) in [5.74, 6) is -0.0745. The highest BCUT2D eigenvalue weighted by Crippen LogP contribution is 2.14. The Labute approximate surface area is 181 Å². The molecule has 3 N–H and O–H groups in total. The fraction of sp³-hybridized carbons (Fsp3) is 0.348. The Hall–Kier alpha value is -3.39. The van der Waals surface area contributed by atoms with Crippen molar-refractivity contribution in [1.29, 1.82) is 0 Å². The first-order chi connectivity index (χ1) is 15.0. The lowest BCUT2D eigenvalue weighted by Gasteiger charge is -2.15. The third-order valence-electron chi connectivity index (χ3n) is 4.77. The number of carbonyl (C=O) groups excluding carboxylic acids is 3. The molecule has 1 aliphatic heterocycles. The minimum absolute atomic E-state index is 0.141. The quantitative estimate of drug-likeness (QED) is 0.534. The standard InChI is InChI=1S/C23H27N3O5/c1-16(31-19-6-3-2-4-7-19)21(27)26-18-11-9-17(10-12-18)22(28)24-13-14-25-23(29)20-8-5-15-30-20/h2-4,6-7,9-12,16,20H,5,8,13-15H2,1H3,(H,24,28)(H,25,29)(H,26,27). The highest BCUT2D eigenvalue weighted by Gasteiger charge is 2.22. The molecule has 8 heteroatoms. The van der Waals surface area contributed by atoms with E-state index in [1.54, 1.807) is 43.3 Å². The lowest BCUT2D eigenvalue weighted by Crippen LogP contribution is -2.39. The first-order valence-corrected chi connectivity index (χ1v) is 10.3. The maximum atomic E-state index is 12.3. The van der Waals surface area contributed by atoms with E-state index in [9.17, 15) is 14.4 Å². The van der Waals surface area contributed by atoms with Crippen LogP contribution >= 0.6 is 0 Å². The Kier molecular flexibility index (Phi) is 8.00. The fourth-order valence-corrected chi connectivity index (χ4v) is 3.07. The van der Waals surface area contributed by atoms with Crippen molar-refractivity contribution in [1.82, 2.24) is 10.6 Å². The average molecular weight is 425 g/mol. The van der Waals surface area contributed by atoms with Gasteiger partial charge in [-0.05, 0) is 56.2 Å². The summed E-state index contributed by atoms with van der Waals surface area (Å²) in [6.45, 7) is 2.92. The SMILES string of the molecule is CC(Oc1ccccc1)C(=O)Nc1ccc(C(=O)NCCNC(=O)C2CCCO2)cc1. The van der Waals surface area contributed by atoms with Gasteiger partial charge in [0.15, 0.2) is 6.10 Å². The number of carbonyl (C=O) groups is 3. The summed E-state index contributed by atoms with van der Waals surface area (Å²) in [5, 5.41) is 8.27. The molecule has 164 valence electrons. The number of amides is 3. The highest BCUT2D eigenvalue weighted by atomic mass is 16.5. The maximum absolute atomic E-state index is 12.3. The molecule has 1 heterocycles. The van der Waals surface area contributed by atoms with E-state index in [1.165, 1.54) is 0 Å². The molecular formula is C23H27N3O5. The molecule has 0 radical (unpaired) electrons. The number of anilines is 1. The van der Waals surface area contributed by atoms with Crippen molar-refractivity contribution < 1.29 is 23.9 Å². The van der Waals surface area contributed by atoms with Crippen molar-refractivity contribution in [2.45, 2.75) is 32.0 Å². The van der Waals surface area contributed by atoms with Gasteiger partial charge in [0.1, 0.15) is 11.9 Å². The van der Waals surface area contributed by atoms with E-state index in [0.29, 0.717) is 36.7 Å². The van der Waals surface area contributed by atoms with Crippen LogP contribution < -0.4 is 20.7 Å². The normalized spacial score (nSPS) is 16.2. The van der Waals surface area contributed by atoms with Crippen LogP contribution in [0.15, 0.2) is 54.6 Å². The number of hydrogen-bond donors (Lipinski definition) is 3. The summed E-state index contributed by atoms with van der Waals surface area (Å²) in [6.07, 6.45) is 0.581. The number of ether oxygens (including phenoxy) is 2. The summed E-state index contributed by atoms with van der Waals surface area (Å²) >= 11 is 0. The van der Waals surface area contributed by atoms with Gasteiger partial charge in [0.2, 0.25) is 5.91 Å². The Balaban J connectivity index is 1.39. The first-order valence-electron chi connectivity index (χ1n) is 10.3. The first kappa shape index (κ1) is 22.3. The van der Waals surface area contributed by atoms with E-state index < -0.39 is 6.10 Å². The molecule has 31 heavy (non-hydrogen) atoms. The van der Waals surface area contributed by atoms with Crippen molar-refractivity contribution >= 4 is 23.4 Å². The summed E-state index contributed by atoms with van der Waals surface area (Å²) in [5.41, 5.74) is 1.02. The summed E-state index contributed by atoms with van der Waals surface area (Å²) in [4.78, 5) is 36.4. The van der Waals surface area contributed by atoms with Gasteiger partial charge in [-0.1, -0.05) is 18.2 Å². The van der Waals surface area contributed by atoms with Gasteiger partial charge < -0.3 is 25.4 Å². The predicted octanol–water partition coefficient (Wildman–Crippen LogP) is 2.12. The van der Waals surface area contributed by atoms with E-state index in [1.807, 2.05) is 18.2 Å². The second kappa shape index (κ2) is 11.1. The van der Waals surface area contributed by atoms with Crippen LogP contribution in [0.4, 0.5) is 5.69 Å². The number of rotatable bonds is 9. The van der Waals surface area contributed by atoms with Crippen LogP contribution in [-0.4, -0.2) is 49.6 Å². The van der Waals surface area contributed by atoms with Gasteiger partial charge in [0, 0.05) is 30.9 Å². The minimum atomic E-state index is -0.671. The molecule has 8 nitrogen and oxygen atoms in total. The molecule has 3 amide bonds. The molecule has 0 bridgehead atoms. The fourth-order valence-electron chi connectivity index (χ4n) is 3.07. The van der Waals surface area contributed by atoms with Crippen LogP contribution in [0.1, 0.15) is 30.1 Å². The third kappa shape index (κ3) is 6.82. The number of hydrogen-bond acceptors (Lipinski definition) is 5. The summed E-state index contributed by atoms with van der Waals surface area (Å²) < 4.78 is 10.9. The zero-order valence-corrected chi connectivity index (χ0v) is 17.4. The molecule has 0 saturated carbocycles. The second-order valence-corrected chi connectivity index (χ2v) is 7.19. The summed E-state index contributed by atoms with van der Waals surface area (Å²) in [7, 11) is 0. The molecule has 2 aromatic carbocycles. The van der Waals surface area contributed by atoms with E-state index in [2.05, 4.69) is 16.0 Å². The Bertz CT molecular complexity index is 880.